The normalized spacial score (nSPS) is 15.3. The molecule has 0 amide bonds. The van der Waals surface area contributed by atoms with Crippen LogP contribution in [0.3, 0.4) is 0 Å². The van der Waals surface area contributed by atoms with Gasteiger partial charge in [0, 0.05) is 24.1 Å². The molecule has 1 aromatic carbocycles. The van der Waals surface area contributed by atoms with Crippen LogP contribution < -0.4 is 5.32 Å². The number of aromatic nitrogens is 4. The van der Waals surface area contributed by atoms with Crippen molar-refractivity contribution in [3.8, 4) is 17.1 Å². The Morgan fingerprint density at radius 1 is 1.17 bits per heavy atom. The first kappa shape index (κ1) is 23.3. The van der Waals surface area contributed by atoms with Crippen LogP contribution in [0.25, 0.3) is 22.6 Å². The molecule has 180 valence electrons. The van der Waals surface area contributed by atoms with Gasteiger partial charge in [-0.05, 0) is 55.3 Å². The molecule has 0 saturated carbocycles. The van der Waals surface area contributed by atoms with E-state index in [1.807, 2.05) is 18.5 Å². The van der Waals surface area contributed by atoms with E-state index in [0.717, 1.165) is 53.1 Å². The smallest absolute Gasteiger partial charge is 0.166 e. The Labute approximate surface area is 208 Å². The monoisotopic (exact) mass is 487 g/mol. The molecular weight excluding hydrogens is 458 g/mol. The number of imidazole rings is 1. The number of aryl methyl sites for hydroxylation is 2. The Morgan fingerprint density at radius 2 is 2.03 bits per heavy atom. The van der Waals surface area contributed by atoms with Gasteiger partial charge < -0.3 is 19.7 Å². The topological polar surface area (TPSA) is 85.1 Å². The van der Waals surface area contributed by atoms with E-state index >= 15 is 0 Å². The zero-order valence-electron chi connectivity index (χ0n) is 19.9. The molecule has 0 unspecified atom stereocenters. The molecule has 0 radical (unpaired) electrons. The highest BCUT2D eigenvalue weighted by molar-refractivity contribution is 7.07. The van der Waals surface area contributed by atoms with Gasteiger partial charge >= 0.3 is 0 Å². The summed E-state index contributed by atoms with van der Waals surface area (Å²) < 4.78 is 7.77. The van der Waals surface area contributed by atoms with Gasteiger partial charge in [0.05, 0.1) is 19.0 Å². The molecule has 5 rings (SSSR count). The number of ether oxygens (including phenoxy) is 1. The number of fused-ring (bicyclic) bond motifs is 1. The molecule has 4 aromatic rings. The van der Waals surface area contributed by atoms with Gasteiger partial charge in [-0.1, -0.05) is 35.9 Å². The molecule has 3 aromatic heterocycles. The second-order valence-corrected chi connectivity index (χ2v) is 9.59. The van der Waals surface area contributed by atoms with Crippen LogP contribution in [0.4, 0.5) is 5.82 Å². The fourth-order valence-electron chi connectivity index (χ4n) is 4.29. The van der Waals surface area contributed by atoms with E-state index in [4.69, 9.17) is 19.7 Å². The van der Waals surface area contributed by atoms with Crippen LogP contribution >= 0.6 is 11.3 Å². The number of benzene rings is 1. The first-order chi connectivity index (χ1) is 17.1. The molecule has 0 bridgehead atoms. The first-order valence-electron chi connectivity index (χ1n) is 11.8. The quantitative estimate of drug-likeness (QED) is 0.367. The number of nitrogens with zero attached hydrogens (tertiary/aromatic N) is 4. The highest BCUT2D eigenvalue weighted by Crippen LogP contribution is 2.30. The fourth-order valence-corrected chi connectivity index (χ4v) is 4.97. The fraction of sp³-hybridized carbons (Fsp3) is 0.296. The summed E-state index contributed by atoms with van der Waals surface area (Å²) >= 11 is 1.62. The number of nitrogens with one attached hydrogen (secondary N) is 1. The van der Waals surface area contributed by atoms with Crippen LogP contribution in [0.2, 0.25) is 0 Å². The second kappa shape index (κ2) is 10.4. The summed E-state index contributed by atoms with van der Waals surface area (Å²) in [5.41, 5.74) is 6.00. The number of phenols is 1. The molecule has 1 fully saturated rings. The highest BCUT2D eigenvalue weighted by atomic mass is 32.1. The maximum absolute atomic E-state index is 9.55. The average molecular weight is 488 g/mol. The summed E-state index contributed by atoms with van der Waals surface area (Å²) in [6.07, 6.45) is 3.60. The Kier molecular flexibility index (Phi) is 6.92. The van der Waals surface area contributed by atoms with E-state index in [-0.39, 0.29) is 11.8 Å². The summed E-state index contributed by atoms with van der Waals surface area (Å²) in [6.45, 7) is 6.30. The summed E-state index contributed by atoms with van der Waals surface area (Å²) in [4.78, 5) is 14.7. The molecular formula is C27H29N5O2S. The molecule has 0 aliphatic carbocycles. The molecule has 8 heteroatoms. The third kappa shape index (κ3) is 5.28. The van der Waals surface area contributed by atoms with E-state index in [0.29, 0.717) is 19.0 Å². The van der Waals surface area contributed by atoms with Gasteiger partial charge in [-0.25, -0.2) is 15.0 Å². The number of aromatic hydroxyl groups is 1. The summed E-state index contributed by atoms with van der Waals surface area (Å²) in [6, 6.07) is 13.8. The van der Waals surface area contributed by atoms with Gasteiger partial charge in [0.25, 0.3) is 0 Å². The molecule has 1 aliphatic heterocycles. The van der Waals surface area contributed by atoms with E-state index in [1.165, 1.54) is 5.56 Å². The lowest BCUT2D eigenvalue weighted by Crippen LogP contribution is -2.11. The molecule has 1 saturated heterocycles. The maximum atomic E-state index is 9.55. The number of hydrogen-bond acceptors (Lipinski definition) is 7. The van der Waals surface area contributed by atoms with E-state index in [9.17, 15) is 5.11 Å². The summed E-state index contributed by atoms with van der Waals surface area (Å²) in [5.74, 6) is 1.67. The van der Waals surface area contributed by atoms with Gasteiger partial charge in [-0.3, -0.25) is 0 Å². The third-order valence-corrected chi connectivity index (χ3v) is 6.86. The lowest BCUT2D eigenvalue weighted by atomic mass is 10.1. The van der Waals surface area contributed by atoms with Crippen molar-refractivity contribution < 1.29 is 9.84 Å². The van der Waals surface area contributed by atoms with Crippen molar-refractivity contribution >= 4 is 28.3 Å². The third-order valence-electron chi connectivity index (χ3n) is 6.17. The van der Waals surface area contributed by atoms with Crippen LogP contribution in [0, 0.1) is 13.8 Å². The number of hydrogen-bond donors (Lipinski definition) is 2. The predicted molar refractivity (Wildman–Crippen MR) is 141 cm³/mol. The van der Waals surface area contributed by atoms with Crippen molar-refractivity contribution in [2.45, 2.75) is 32.7 Å². The van der Waals surface area contributed by atoms with Crippen LogP contribution in [0.1, 0.15) is 29.2 Å². The molecule has 1 aliphatic rings. The standard InChI is InChI=1S/C27H29N5O2S/c1-18-4-3-13-35-16-23(19(2)14-18)25-30-26(28-11-9-20-5-7-22(33)8-6-20)24-27(31-25)32(17-29-24)21-10-12-34-15-21/h3-8,13-14,16-17,21,33H,9-12,15H2,1-2H3,(H,28,30,31)/t21-/m1/s1. The zero-order valence-corrected chi connectivity index (χ0v) is 20.8. The number of rotatable bonds is 6. The van der Waals surface area contributed by atoms with Crippen LogP contribution in [-0.2, 0) is 11.2 Å². The van der Waals surface area contributed by atoms with E-state index in [2.05, 4.69) is 52.7 Å². The van der Waals surface area contributed by atoms with E-state index in [1.54, 1.807) is 23.5 Å². The molecule has 0 spiro atoms. The Bertz CT molecular complexity index is 1370. The van der Waals surface area contributed by atoms with Crippen LogP contribution in [0.5, 0.6) is 5.75 Å². The van der Waals surface area contributed by atoms with Crippen molar-refractivity contribution in [2.75, 3.05) is 25.1 Å². The Morgan fingerprint density at radius 3 is 2.83 bits per heavy atom. The SMILES string of the molecule is Cc1cccscc(-c2nc(NCCc3ccc(O)cc3)c3ncn([C@@H]4CCOC4)c3n2)c(C)c1. The minimum absolute atomic E-state index is 0.223. The van der Waals surface area contributed by atoms with Gasteiger partial charge in [0.15, 0.2) is 17.3 Å². The molecule has 2 N–H and O–H groups in total. The molecule has 35 heavy (non-hydrogen) atoms. The van der Waals surface area contributed by atoms with Crippen LogP contribution in [0.15, 0.2) is 59.6 Å². The Balaban J connectivity index is 1.57. The zero-order chi connectivity index (χ0) is 24.2. The number of anilines is 1. The summed E-state index contributed by atoms with van der Waals surface area (Å²) in [5, 5.41) is 17.2. The molecule has 1 atom stereocenters. The van der Waals surface area contributed by atoms with Gasteiger partial charge in [-0.15, -0.1) is 0 Å². The Hall–Kier alpha value is -3.49. The van der Waals surface area contributed by atoms with E-state index < -0.39 is 0 Å². The maximum Gasteiger partial charge on any atom is 0.166 e. The van der Waals surface area contributed by atoms with Crippen molar-refractivity contribution in [1.82, 2.24) is 19.5 Å². The highest BCUT2D eigenvalue weighted by Gasteiger charge is 2.23. The average Bonchev–Trinajstić information content (AvgIpc) is 3.52. The van der Waals surface area contributed by atoms with Gasteiger partial charge in [0.1, 0.15) is 11.3 Å². The molecule has 7 nitrogen and oxygen atoms in total. The lowest BCUT2D eigenvalue weighted by molar-refractivity contribution is 0.187. The number of phenolic OH excluding ortho intramolecular Hbond substituents is 1. The predicted octanol–water partition coefficient (Wildman–Crippen LogP) is 5.62. The second-order valence-electron chi connectivity index (χ2n) is 8.81. The van der Waals surface area contributed by atoms with Crippen molar-refractivity contribution in [1.29, 1.82) is 0 Å². The molecule has 4 heterocycles. The van der Waals surface area contributed by atoms with Gasteiger partial charge in [-0.2, -0.15) is 11.3 Å². The largest absolute Gasteiger partial charge is 0.508 e. The van der Waals surface area contributed by atoms with Crippen LogP contribution in [-0.4, -0.2) is 44.4 Å². The minimum Gasteiger partial charge on any atom is -0.508 e. The summed E-state index contributed by atoms with van der Waals surface area (Å²) in [7, 11) is 0. The van der Waals surface area contributed by atoms with Crippen molar-refractivity contribution in [3.05, 3.63) is 76.2 Å². The van der Waals surface area contributed by atoms with Crippen molar-refractivity contribution in [2.24, 2.45) is 0 Å². The van der Waals surface area contributed by atoms with Crippen molar-refractivity contribution in [3.63, 3.8) is 0 Å². The van der Waals surface area contributed by atoms with Gasteiger partial charge in [0.2, 0.25) is 0 Å². The first-order valence-corrected chi connectivity index (χ1v) is 12.7. The minimum atomic E-state index is 0.223. The lowest BCUT2D eigenvalue weighted by Gasteiger charge is -2.13.